The molecule has 0 N–H and O–H groups in total. The van der Waals surface area contributed by atoms with Gasteiger partial charge in [0.05, 0.1) is 12.2 Å². The van der Waals surface area contributed by atoms with Crippen LogP contribution in [0.15, 0.2) is 54.6 Å². The standard InChI is InChI=1S/C24H23Cl2N5O2/c25-18-4-1-3-17(13-18)21-15-22-30(23(32)7-8-31(22)27-21)16-24(33)29-11-9-28(10-12-29)20-6-2-5-19(26)14-20/h1-6,13-15H,7-12,16H2. The van der Waals surface area contributed by atoms with Crippen molar-refractivity contribution in [1.29, 1.82) is 0 Å². The lowest BCUT2D eigenvalue weighted by Crippen LogP contribution is -2.52. The van der Waals surface area contributed by atoms with Crippen LogP contribution in [0.25, 0.3) is 11.3 Å². The highest BCUT2D eigenvalue weighted by Gasteiger charge is 2.30. The Balaban J connectivity index is 1.28. The van der Waals surface area contributed by atoms with Crippen LogP contribution in [-0.4, -0.2) is 59.2 Å². The van der Waals surface area contributed by atoms with Gasteiger partial charge in [-0.25, -0.2) is 4.68 Å². The van der Waals surface area contributed by atoms with E-state index in [1.807, 2.05) is 59.5 Å². The van der Waals surface area contributed by atoms with Crippen molar-refractivity contribution in [2.75, 3.05) is 42.5 Å². The summed E-state index contributed by atoms with van der Waals surface area (Å²) in [6, 6.07) is 17.0. The van der Waals surface area contributed by atoms with Crippen LogP contribution in [0.3, 0.4) is 0 Å². The monoisotopic (exact) mass is 483 g/mol. The first-order chi connectivity index (χ1) is 16.0. The molecule has 2 amide bonds. The van der Waals surface area contributed by atoms with Gasteiger partial charge in [-0.3, -0.25) is 14.5 Å². The summed E-state index contributed by atoms with van der Waals surface area (Å²) in [6.45, 7) is 3.14. The zero-order valence-electron chi connectivity index (χ0n) is 18.0. The lowest BCUT2D eigenvalue weighted by molar-refractivity contribution is -0.132. The Bertz CT molecular complexity index is 1200. The molecule has 0 bridgehead atoms. The predicted octanol–water partition coefficient (Wildman–Crippen LogP) is 3.94. The minimum absolute atomic E-state index is 0.0106. The number of aryl methyl sites for hydroxylation is 1. The molecule has 170 valence electrons. The van der Waals surface area contributed by atoms with Gasteiger partial charge in [0, 0.05) is 60.0 Å². The average molecular weight is 484 g/mol. The van der Waals surface area contributed by atoms with Crippen molar-refractivity contribution in [1.82, 2.24) is 14.7 Å². The second kappa shape index (κ2) is 9.08. The number of piperazine rings is 1. The number of carbonyl (C=O) groups is 2. The highest BCUT2D eigenvalue weighted by atomic mass is 35.5. The van der Waals surface area contributed by atoms with Crippen LogP contribution in [0, 0.1) is 0 Å². The van der Waals surface area contributed by atoms with Crippen molar-refractivity contribution in [2.24, 2.45) is 0 Å². The number of anilines is 2. The molecule has 0 atom stereocenters. The maximum Gasteiger partial charge on any atom is 0.242 e. The number of halogens is 2. The Labute approximate surface area is 202 Å². The number of hydrogen-bond donors (Lipinski definition) is 0. The molecule has 1 saturated heterocycles. The molecule has 2 aromatic carbocycles. The third-order valence-corrected chi connectivity index (χ3v) is 6.56. The molecular weight excluding hydrogens is 461 g/mol. The molecule has 5 rings (SSSR count). The zero-order valence-corrected chi connectivity index (χ0v) is 19.5. The topological polar surface area (TPSA) is 61.7 Å². The number of aromatic nitrogens is 2. The highest BCUT2D eigenvalue weighted by Crippen LogP contribution is 2.29. The molecule has 0 unspecified atom stereocenters. The molecule has 2 aliphatic rings. The van der Waals surface area contributed by atoms with E-state index in [4.69, 9.17) is 23.2 Å². The number of benzene rings is 2. The van der Waals surface area contributed by atoms with Crippen LogP contribution in [0.5, 0.6) is 0 Å². The summed E-state index contributed by atoms with van der Waals surface area (Å²) in [5, 5.41) is 5.96. The van der Waals surface area contributed by atoms with E-state index in [0.717, 1.165) is 30.0 Å². The summed E-state index contributed by atoms with van der Waals surface area (Å²) >= 11 is 12.2. The summed E-state index contributed by atoms with van der Waals surface area (Å²) in [4.78, 5) is 31.4. The van der Waals surface area contributed by atoms with Gasteiger partial charge in [0.2, 0.25) is 11.8 Å². The van der Waals surface area contributed by atoms with Crippen molar-refractivity contribution < 1.29 is 9.59 Å². The molecule has 1 aromatic heterocycles. The molecule has 2 aliphatic heterocycles. The number of fused-ring (bicyclic) bond motifs is 1. The minimum Gasteiger partial charge on any atom is -0.368 e. The van der Waals surface area contributed by atoms with Gasteiger partial charge in [0.1, 0.15) is 12.4 Å². The van der Waals surface area contributed by atoms with Gasteiger partial charge in [-0.05, 0) is 30.3 Å². The first-order valence-electron chi connectivity index (χ1n) is 10.9. The van der Waals surface area contributed by atoms with Crippen molar-refractivity contribution in [3.8, 4) is 11.3 Å². The fourth-order valence-corrected chi connectivity index (χ4v) is 4.71. The maximum absolute atomic E-state index is 13.1. The average Bonchev–Trinajstić information content (AvgIpc) is 3.26. The van der Waals surface area contributed by atoms with Crippen LogP contribution < -0.4 is 9.80 Å². The molecule has 1 fully saturated rings. The Morgan fingerprint density at radius 3 is 2.36 bits per heavy atom. The normalized spacial score (nSPS) is 16.2. The lowest BCUT2D eigenvalue weighted by atomic mass is 10.1. The van der Waals surface area contributed by atoms with Crippen LogP contribution >= 0.6 is 23.2 Å². The molecule has 3 aromatic rings. The highest BCUT2D eigenvalue weighted by molar-refractivity contribution is 6.31. The van der Waals surface area contributed by atoms with Gasteiger partial charge in [-0.2, -0.15) is 5.10 Å². The number of nitrogens with zero attached hydrogens (tertiary/aromatic N) is 5. The van der Waals surface area contributed by atoms with Gasteiger partial charge in [0.15, 0.2) is 0 Å². The largest absolute Gasteiger partial charge is 0.368 e. The molecule has 0 saturated carbocycles. The molecule has 7 nitrogen and oxygen atoms in total. The Morgan fingerprint density at radius 1 is 0.909 bits per heavy atom. The van der Waals surface area contributed by atoms with E-state index in [-0.39, 0.29) is 18.4 Å². The van der Waals surface area contributed by atoms with E-state index < -0.39 is 0 Å². The van der Waals surface area contributed by atoms with Gasteiger partial charge < -0.3 is 9.80 Å². The van der Waals surface area contributed by atoms with Crippen molar-refractivity contribution >= 4 is 46.5 Å². The van der Waals surface area contributed by atoms with Gasteiger partial charge in [-0.15, -0.1) is 0 Å². The molecular formula is C24H23Cl2N5O2. The summed E-state index contributed by atoms with van der Waals surface area (Å²) in [7, 11) is 0. The van der Waals surface area contributed by atoms with Crippen molar-refractivity contribution in [2.45, 2.75) is 13.0 Å². The zero-order chi connectivity index (χ0) is 22.9. The lowest BCUT2D eigenvalue weighted by Gasteiger charge is -2.37. The van der Waals surface area contributed by atoms with E-state index in [9.17, 15) is 9.59 Å². The SMILES string of the molecule is O=C(CN1C(=O)CCn2nc(-c3cccc(Cl)c3)cc21)N1CCN(c2cccc(Cl)c2)CC1. The quantitative estimate of drug-likeness (QED) is 0.563. The van der Waals surface area contributed by atoms with E-state index in [2.05, 4.69) is 10.00 Å². The smallest absolute Gasteiger partial charge is 0.242 e. The maximum atomic E-state index is 13.1. The summed E-state index contributed by atoms with van der Waals surface area (Å²) in [5.41, 5.74) is 2.66. The Morgan fingerprint density at radius 2 is 1.64 bits per heavy atom. The molecule has 0 spiro atoms. The number of carbonyl (C=O) groups excluding carboxylic acids is 2. The Kier molecular flexibility index (Phi) is 6.00. The second-order valence-electron chi connectivity index (χ2n) is 8.20. The fourth-order valence-electron chi connectivity index (χ4n) is 4.33. The van der Waals surface area contributed by atoms with Gasteiger partial charge >= 0.3 is 0 Å². The van der Waals surface area contributed by atoms with Gasteiger partial charge in [-0.1, -0.05) is 41.4 Å². The number of rotatable bonds is 4. The minimum atomic E-state index is -0.0639. The second-order valence-corrected chi connectivity index (χ2v) is 9.07. The van der Waals surface area contributed by atoms with Crippen LogP contribution in [0.4, 0.5) is 11.5 Å². The molecule has 3 heterocycles. The summed E-state index contributed by atoms with van der Waals surface area (Å²) in [6.07, 6.45) is 0.319. The van der Waals surface area contributed by atoms with Crippen LogP contribution in [0.1, 0.15) is 6.42 Å². The fraction of sp³-hybridized carbons (Fsp3) is 0.292. The summed E-state index contributed by atoms with van der Waals surface area (Å²) < 4.78 is 1.79. The first-order valence-corrected chi connectivity index (χ1v) is 11.7. The van der Waals surface area contributed by atoms with Crippen LogP contribution in [-0.2, 0) is 16.1 Å². The van der Waals surface area contributed by atoms with E-state index in [1.54, 1.807) is 9.58 Å². The first kappa shape index (κ1) is 21.8. The third-order valence-electron chi connectivity index (χ3n) is 6.09. The Hall–Kier alpha value is -3.03. The van der Waals surface area contributed by atoms with Crippen LogP contribution in [0.2, 0.25) is 10.0 Å². The third kappa shape index (κ3) is 4.56. The van der Waals surface area contributed by atoms with Crippen molar-refractivity contribution in [3.63, 3.8) is 0 Å². The van der Waals surface area contributed by atoms with E-state index in [1.165, 1.54) is 0 Å². The summed E-state index contributed by atoms with van der Waals surface area (Å²) in [5.74, 6) is 0.520. The molecule has 33 heavy (non-hydrogen) atoms. The number of hydrogen-bond acceptors (Lipinski definition) is 4. The number of amides is 2. The van der Waals surface area contributed by atoms with E-state index in [0.29, 0.717) is 41.9 Å². The molecule has 0 aliphatic carbocycles. The van der Waals surface area contributed by atoms with Crippen molar-refractivity contribution in [3.05, 3.63) is 64.6 Å². The predicted molar refractivity (Wildman–Crippen MR) is 130 cm³/mol. The van der Waals surface area contributed by atoms with E-state index >= 15 is 0 Å². The molecule has 0 radical (unpaired) electrons. The molecule has 9 heteroatoms. The van der Waals surface area contributed by atoms with Gasteiger partial charge in [0.25, 0.3) is 0 Å².